The zero-order valence-corrected chi connectivity index (χ0v) is 16.4. The fourth-order valence-electron chi connectivity index (χ4n) is 4.48. The van der Waals surface area contributed by atoms with Crippen LogP contribution in [0.25, 0.3) is 11.4 Å². The van der Waals surface area contributed by atoms with E-state index >= 15 is 0 Å². The molecule has 0 bridgehead atoms. The van der Waals surface area contributed by atoms with Crippen molar-refractivity contribution in [1.29, 1.82) is 0 Å². The lowest BCUT2D eigenvalue weighted by molar-refractivity contribution is 1.10. The van der Waals surface area contributed by atoms with Crippen molar-refractivity contribution in [3.63, 3.8) is 0 Å². The Morgan fingerprint density at radius 3 is 2.18 bits per heavy atom. The molecule has 0 spiro atoms. The van der Waals surface area contributed by atoms with E-state index < -0.39 is 0 Å². The summed E-state index contributed by atoms with van der Waals surface area (Å²) >= 11 is 0. The second-order valence-corrected chi connectivity index (χ2v) is 7.51. The van der Waals surface area contributed by atoms with Crippen LogP contribution in [-0.4, -0.2) is 16.4 Å². The Kier molecular flexibility index (Phi) is 3.87. The molecule has 0 fully saturated rings. The summed E-state index contributed by atoms with van der Waals surface area (Å²) in [6.07, 6.45) is 4.03. The van der Waals surface area contributed by atoms with Gasteiger partial charge < -0.3 is 9.29 Å². The first-order valence-corrected chi connectivity index (χ1v) is 9.70. The molecule has 1 aliphatic heterocycles. The third-order valence-corrected chi connectivity index (χ3v) is 5.75. The Hall–Kier alpha value is -3.27. The molecule has 0 saturated heterocycles. The summed E-state index contributed by atoms with van der Waals surface area (Å²) in [7, 11) is 0. The van der Waals surface area contributed by atoms with Crippen LogP contribution < -0.4 is 10.3 Å². The number of aryl methyl sites for hydroxylation is 3. The molecule has 3 nitrogen and oxygen atoms in total. The molecular weight excluding hydrogens is 341 g/mol. The molecule has 1 aromatic heterocycles. The Morgan fingerprint density at radius 2 is 1.43 bits per heavy atom. The quantitative estimate of drug-likeness (QED) is 0.474. The molecule has 0 saturated carbocycles. The number of hydrogen-bond donors (Lipinski definition) is 0. The molecule has 1 aliphatic rings. The number of anilines is 2. The zero-order valence-electron chi connectivity index (χ0n) is 16.4. The van der Waals surface area contributed by atoms with Gasteiger partial charge >= 0.3 is 6.98 Å². The van der Waals surface area contributed by atoms with Gasteiger partial charge in [-0.1, -0.05) is 59.7 Å². The average molecular weight is 363 g/mol. The lowest BCUT2D eigenvalue weighted by atomic mass is 9.59. The van der Waals surface area contributed by atoms with Crippen LogP contribution in [0.2, 0.25) is 0 Å². The largest absolute Gasteiger partial charge is 0.421 e. The van der Waals surface area contributed by atoms with Crippen LogP contribution in [0.4, 0.5) is 11.4 Å². The first-order valence-electron chi connectivity index (χ1n) is 9.70. The summed E-state index contributed by atoms with van der Waals surface area (Å²) < 4.78 is 2.32. The van der Waals surface area contributed by atoms with Gasteiger partial charge in [-0.25, -0.2) is 4.98 Å². The highest BCUT2D eigenvalue weighted by atomic mass is 15.2. The van der Waals surface area contributed by atoms with Crippen molar-refractivity contribution in [2.75, 3.05) is 4.81 Å². The SMILES string of the molecule is Cc1cccc(C)c1B1N(c2ccccc2)c2cccc(C)c2-c2nccn21. The molecule has 0 atom stereocenters. The fraction of sp³-hybridized carbons (Fsp3) is 0.125. The monoisotopic (exact) mass is 363 g/mol. The van der Waals surface area contributed by atoms with Crippen LogP contribution in [0.1, 0.15) is 16.7 Å². The smallest absolute Gasteiger partial charge is 0.361 e. The molecule has 0 radical (unpaired) electrons. The minimum atomic E-state index is 0.0235. The van der Waals surface area contributed by atoms with Gasteiger partial charge in [-0.05, 0) is 50.0 Å². The van der Waals surface area contributed by atoms with Crippen molar-refractivity contribution in [2.45, 2.75) is 20.8 Å². The predicted molar refractivity (Wildman–Crippen MR) is 118 cm³/mol. The van der Waals surface area contributed by atoms with Crippen molar-refractivity contribution in [3.8, 4) is 11.4 Å². The van der Waals surface area contributed by atoms with E-state index in [9.17, 15) is 0 Å². The second kappa shape index (κ2) is 6.41. The van der Waals surface area contributed by atoms with Gasteiger partial charge in [0, 0.05) is 29.3 Å². The van der Waals surface area contributed by atoms with Gasteiger partial charge in [-0.15, -0.1) is 0 Å². The van der Waals surface area contributed by atoms with Crippen LogP contribution in [-0.2, 0) is 0 Å². The fourth-order valence-corrected chi connectivity index (χ4v) is 4.48. The van der Waals surface area contributed by atoms with Gasteiger partial charge in [0.25, 0.3) is 0 Å². The summed E-state index contributed by atoms with van der Waals surface area (Å²) in [4.78, 5) is 7.21. The Labute approximate surface area is 166 Å². The molecule has 136 valence electrons. The summed E-state index contributed by atoms with van der Waals surface area (Å²) in [6, 6.07) is 23.7. The van der Waals surface area contributed by atoms with E-state index in [1.807, 2.05) is 6.20 Å². The highest BCUT2D eigenvalue weighted by molar-refractivity contribution is 6.78. The van der Waals surface area contributed by atoms with E-state index in [1.165, 1.54) is 39.1 Å². The maximum Gasteiger partial charge on any atom is 0.421 e. The van der Waals surface area contributed by atoms with E-state index in [1.54, 1.807) is 0 Å². The molecular formula is C24H22BN3. The minimum absolute atomic E-state index is 0.0235. The molecule has 0 unspecified atom stereocenters. The number of benzene rings is 3. The van der Waals surface area contributed by atoms with Gasteiger partial charge in [-0.2, -0.15) is 0 Å². The van der Waals surface area contributed by atoms with Gasteiger partial charge in [0.05, 0.1) is 0 Å². The summed E-state index contributed by atoms with van der Waals surface area (Å²) in [5.41, 5.74) is 8.75. The van der Waals surface area contributed by atoms with E-state index in [-0.39, 0.29) is 6.98 Å². The van der Waals surface area contributed by atoms with Crippen LogP contribution in [0.15, 0.2) is 79.1 Å². The highest BCUT2D eigenvalue weighted by Crippen LogP contribution is 2.41. The number of para-hydroxylation sites is 1. The molecule has 0 amide bonds. The van der Waals surface area contributed by atoms with E-state index in [0.29, 0.717) is 0 Å². The standard InChI is InChI=1S/C24H22BN3/c1-17-9-8-14-21-22(17)24-26-15-16-27(24)25(23-18(2)10-7-11-19(23)3)28(21)20-12-5-4-6-13-20/h4-16H,1-3H3. The topological polar surface area (TPSA) is 21.1 Å². The van der Waals surface area contributed by atoms with Crippen molar-refractivity contribution in [3.05, 3.63) is 95.8 Å². The lowest BCUT2D eigenvalue weighted by Gasteiger charge is -2.39. The number of nitrogens with zero attached hydrogens (tertiary/aromatic N) is 3. The number of aromatic nitrogens is 2. The molecule has 28 heavy (non-hydrogen) atoms. The maximum absolute atomic E-state index is 4.76. The van der Waals surface area contributed by atoms with E-state index in [2.05, 4.69) is 103 Å². The van der Waals surface area contributed by atoms with Crippen LogP contribution in [0.5, 0.6) is 0 Å². The molecule has 0 N–H and O–H groups in total. The molecule has 2 heterocycles. The Bertz CT molecular complexity index is 1140. The average Bonchev–Trinajstić information content (AvgIpc) is 3.18. The minimum Gasteiger partial charge on any atom is -0.361 e. The predicted octanol–water partition coefficient (Wildman–Crippen LogP) is 4.87. The van der Waals surface area contributed by atoms with Crippen LogP contribution >= 0.6 is 0 Å². The molecule has 0 aliphatic carbocycles. The number of hydrogen-bond acceptors (Lipinski definition) is 2. The molecule has 5 rings (SSSR count). The molecule has 4 aromatic rings. The van der Waals surface area contributed by atoms with Gasteiger partial charge in [0.1, 0.15) is 5.82 Å². The molecule has 3 aromatic carbocycles. The van der Waals surface area contributed by atoms with Crippen molar-refractivity contribution in [1.82, 2.24) is 9.46 Å². The first-order chi connectivity index (χ1) is 13.7. The van der Waals surface area contributed by atoms with Crippen molar-refractivity contribution in [2.24, 2.45) is 0 Å². The third kappa shape index (κ3) is 2.41. The first kappa shape index (κ1) is 16.9. The summed E-state index contributed by atoms with van der Waals surface area (Å²) in [6.45, 7) is 6.60. The van der Waals surface area contributed by atoms with Gasteiger partial charge in [0.15, 0.2) is 0 Å². The Balaban J connectivity index is 1.87. The van der Waals surface area contributed by atoms with Crippen LogP contribution in [0.3, 0.4) is 0 Å². The second-order valence-electron chi connectivity index (χ2n) is 7.51. The van der Waals surface area contributed by atoms with Crippen molar-refractivity contribution < 1.29 is 0 Å². The zero-order chi connectivity index (χ0) is 19.3. The highest BCUT2D eigenvalue weighted by Gasteiger charge is 2.39. The Morgan fingerprint density at radius 1 is 0.750 bits per heavy atom. The normalized spacial score (nSPS) is 12.7. The summed E-state index contributed by atoms with van der Waals surface area (Å²) in [5.74, 6) is 1.04. The van der Waals surface area contributed by atoms with E-state index in [0.717, 1.165) is 5.82 Å². The van der Waals surface area contributed by atoms with Crippen molar-refractivity contribution >= 4 is 23.8 Å². The van der Waals surface area contributed by atoms with Crippen LogP contribution in [0, 0.1) is 20.8 Å². The molecule has 4 heteroatoms. The number of rotatable bonds is 2. The number of imidazole rings is 1. The third-order valence-electron chi connectivity index (χ3n) is 5.75. The number of fused-ring (bicyclic) bond motifs is 3. The van der Waals surface area contributed by atoms with Gasteiger partial charge in [0.2, 0.25) is 0 Å². The summed E-state index contributed by atoms with van der Waals surface area (Å²) in [5, 5.41) is 0. The van der Waals surface area contributed by atoms with E-state index in [4.69, 9.17) is 4.98 Å². The lowest BCUT2D eigenvalue weighted by Crippen LogP contribution is -2.55. The maximum atomic E-state index is 4.76. The van der Waals surface area contributed by atoms with Gasteiger partial charge in [-0.3, -0.25) is 0 Å².